The molecule has 0 unspecified atom stereocenters. The minimum absolute atomic E-state index is 0.00146. The fraction of sp³-hybridized carbons (Fsp3) is 0.176. The molecule has 3 rings (SSSR count). The predicted octanol–water partition coefficient (Wildman–Crippen LogP) is 1.61. The van der Waals surface area contributed by atoms with Crippen LogP contribution in [0.5, 0.6) is 0 Å². The zero-order chi connectivity index (χ0) is 16.2. The number of pyridine rings is 1. The first kappa shape index (κ1) is 14.9. The van der Waals surface area contributed by atoms with Crippen LogP contribution in [0.2, 0.25) is 0 Å². The van der Waals surface area contributed by atoms with Crippen molar-refractivity contribution in [3.63, 3.8) is 0 Å². The Bertz CT molecular complexity index is 904. The standard InChI is InChI=1S/C17H15N3O3/c1-20-17(22)14-8-3-2-7-13(14)15(19-20)10-16(21)23-11-12-6-4-5-9-18-12/h2-9H,10-11H2,1H3. The number of fused-ring (bicyclic) bond motifs is 1. The second kappa shape index (κ2) is 6.39. The summed E-state index contributed by atoms with van der Waals surface area (Å²) >= 11 is 0. The van der Waals surface area contributed by atoms with Gasteiger partial charge < -0.3 is 4.74 Å². The van der Waals surface area contributed by atoms with Crippen LogP contribution >= 0.6 is 0 Å². The molecule has 0 N–H and O–H groups in total. The van der Waals surface area contributed by atoms with Crippen LogP contribution < -0.4 is 5.56 Å². The van der Waals surface area contributed by atoms with Crippen LogP contribution in [-0.4, -0.2) is 20.7 Å². The molecule has 0 atom stereocenters. The molecule has 116 valence electrons. The molecule has 0 fully saturated rings. The molecule has 23 heavy (non-hydrogen) atoms. The molecule has 0 aliphatic carbocycles. The lowest BCUT2D eigenvalue weighted by atomic mass is 10.1. The van der Waals surface area contributed by atoms with Crippen LogP contribution in [0.4, 0.5) is 0 Å². The summed E-state index contributed by atoms with van der Waals surface area (Å²) in [7, 11) is 1.57. The van der Waals surface area contributed by atoms with Gasteiger partial charge in [-0.05, 0) is 18.2 Å². The Kier molecular flexibility index (Phi) is 4.14. The molecule has 0 aliphatic rings. The van der Waals surface area contributed by atoms with Crippen molar-refractivity contribution in [2.75, 3.05) is 0 Å². The van der Waals surface area contributed by atoms with Crippen molar-refractivity contribution in [1.82, 2.24) is 14.8 Å². The highest BCUT2D eigenvalue weighted by Crippen LogP contribution is 2.14. The number of hydrogen-bond acceptors (Lipinski definition) is 5. The molecule has 0 saturated heterocycles. The number of rotatable bonds is 4. The van der Waals surface area contributed by atoms with Crippen molar-refractivity contribution < 1.29 is 9.53 Å². The molecule has 6 heteroatoms. The van der Waals surface area contributed by atoms with E-state index < -0.39 is 5.97 Å². The average molecular weight is 309 g/mol. The lowest BCUT2D eigenvalue weighted by molar-refractivity contribution is -0.144. The Hall–Kier alpha value is -3.02. The zero-order valence-corrected chi connectivity index (χ0v) is 12.6. The second-order valence-corrected chi connectivity index (χ2v) is 5.08. The summed E-state index contributed by atoms with van der Waals surface area (Å²) in [6.45, 7) is 0.114. The number of hydrogen-bond donors (Lipinski definition) is 0. The van der Waals surface area contributed by atoms with Crippen molar-refractivity contribution in [2.24, 2.45) is 7.05 Å². The maximum atomic E-state index is 12.1. The van der Waals surface area contributed by atoms with Gasteiger partial charge in [0.1, 0.15) is 6.61 Å². The van der Waals surface area contributed by atoms with Crippen LogP contribution in [0.15, 0.2) is 53.5 Å². The van der Waals surface area contributed by atoms with Crippen LogP contribution in [-0.2, 0) is 29.6 Å². The first-order chi connectivity index (χ1) is 11.1. The number of carbonyl (C=O) groups is 1. The normalized spacial score (nSPS) is 10.7. The summed E-state index contributed by atoms with van der Waals surface area (Å²) in [5, 5.41) is 5.39. The van der Waals surface area contributed by atoms with Gasteiger partial charge in [0, 0.05) is 18.6 Å². The third kappa shape index (κ3) is 3.26. The lowest BCUT2D eigenvalue weighted by Gasteiger charge is -2.08. The molecule has 6 nitrogen and oxygen atoms in total. The largest absolute Gasteiger partial charge is 0.459 e. The Labute approximate surface area is 132 Å². The second-order valence-electron chi connectivity index (χ2n) is 5.08. The van der Waals surface area contributed by atoms with E-state index in [2.05, 4.69) is 10.1 Å². The number of benzene rings is 1. The first-order valence-electron chi connectivity index (χ1n) is 7.15. The average Bonchev–Trinajstić information content (AvgIpc) is 2.58. The molecule has 3 aromatic rings. The smallest absolute Gasteiger partial charge is 0.312 e. The number of aryl methyl sites for hydroxylation is 1. The molecular weight excluding hydrogens is 294 g/mol. The summed E-state index contributed by atoms with van der Waals surface area (Å²) in [6.07, 6.45) is 1.65. The third-order valence-corrected chi connectivity index (χ3v) is 3.45. The SMILES string of the molecule is Cn1nc(CC(=O)OCc2ccccn2)c2ccccc2c1=O. The lowest BCUT2D eigenvalue weighted by Crippen LogP contribution is -2.22. The molecule has 0 bridgehead atoms. The number of nitrogens with zero attached hydrogens (tertiary/aromatic N) is 3. The van der Waals surface area contributed by atoms with Gasteiger partial charge in [-0.15, -0.1) is 0 Å². The number of aromatic nitrogens is 3. The fourth-order valence-corrected chi connectivity index (χ4v) is 2.33. The van der Waals surface area contributed by atoms with Crippen molar-refractivity contribution >= 4 is 16.7 Å². The molecule has 1 aromatic carbocycles. The fourth-order valence-electron chi connectivity index (χ4n) is 2.33. The minimum Gasteiger partial charge on any atom is -0.459 e. The van der Waals surface area contributed by atoms with E-state index in [0.29, 0.717) is 22.2 Å². The summed E-state index contributed by atoms with van der Waals surface area (Å²) < 4.78 is 6.46. The summed E-state index contributed by atoms with van der Waals surface area (Å²) in [4.78, 5) is 28.2. The van der Waals surface area contributed by atoms with E-state index in [9.17, 15) is 9.59 Å². The van der Waals surface area contributed by atoms with Crippen molar-refractivity contribution in [3.05, 3.63) is 70.4 Å². The summed E-state index contributed by atoms with van der Waals surface area (Å²) in [5.41, 5.74) is 1.01. The highest BCUT2D eigenvalue weighted by Gasteiger charge is 2.13. The Morgan fingerprint density at radius 1 is 1.13 bits per heavy atom. The number of ether oxygens (including phenoxy) is 1. The van der Waals surface area contributed by atoms with Gasteiger partial charge in [-0.1, -0.05) is 24.3 Å². The third-order valence-electron chi connectivity index (χ3n) is 3.45. The molecule has 2 aromatic heterocycles. The molecule has 0 saturated carbocycles. The van der Waals surface area contributed by atoms with Crippen molar-refractivity contribution in [2.45, 2.75) is 13.0 Å². The predicted molar refractivity (Wildman–Crippen MR) is 84.7 cm³/mol. The zero-order valence-electron chi connectivity index (χ0n) is 12.6. The van der Waals surface area contributed by atoms with Crippen molar-refractivity contribution in [1.29, 1.82) is 0 Å². The van der Waals surface area contributed by atoms with Crippen LogP contribution in [0.1, 0.15) is 11.4 Å². The molecular formula is C17H15N3O3. The Balaban J connectivity index is 1.80. The van der Waals surface area contributed by atoms with E-state index in [4.69, 9.17) is 4.74 Å². The summed E-state index contributed by atoms with van der Waals surface area (Å²) in [5.74, 6) is -0.410. The van der Waals surface area contributed by atoms with Crippen LogP contribution in [0.3, 0.4) is 0 Å². The van der Waals surface area contributed by atoms with Gasteiger partial charge in [0.15, 0.2) is 0 Å². The van der Waals surface area contributed by atoms with Gasteiger partial charge in [0.05, 0.1) is 23.2 Å². The van der Waals surface area contributed by atoms with E-state index in [-0.39, 0.29) is 18.6 Å². The Morgan fingerprint density at radius 2 is 1.87 bits per heavy atom. The van der Waals surface area contributed by atoms with Gasteiger partial charge in [0.25, 0.3) is 5.56 Å². The van der Waals surface area contributed by atoms with E-state index in [1.807, 2.05) is 12.1 Å². The van der Waals surface area contributed by atoms with E-state index in [1.165, 1.54) is 4.68 Å². The summed E-state index contributed by atoms with van der Waals surface area (Å²) in [6, 6.07) is 12.5. The maximum absolute atomic E-state index is 12.1. The number of esters is 1. The van der Waals surface area contributed by atoms with Gasteiger partial charge in [-0.2, -0.15) is 5.10 Å². The maximum Gasteiger partial charge on any atom is 0.312 e. The van der Waals surface area contributed by atoms with Gasteiger partial charge in [-0.25, -0.2) is 4.68 Å². The molecule has 0 aliphatic heterocycles. The number of carbonyl (C=O) groups excluding carboxylic acids is 1. The van der Waals surface area contributed by atoms with Gasteiger partial charge in [0.2, 0.25) is 0 Å². The van der Waals surface area contributed by atoms with E-state index in [0.717, 1.165) is 0 Å². The molecule has 2 heterocycles. The highest BCUT2D eigenvalue weighted by atomic mass is 16.5. The van der Waals surface area contributed by atoms with Crippen molar-refractivity contribution in [3.8, 4) is 0 Å². The molecule has 0 radical (unpaired) electrons. The van der Waals surface area contributed by atoms with Crippen LogP contribution in [0.25, 0.3) is 10.8 Å². The topological polar surface area (TPSA) is 74.1 Å². The van der Waals surface area contributed by atoms with E-state index in [1.54, 1.807) is 43.6 Å². The van der Waals surface area contributed by atoms with Crippen LogP contribution in [0, 0.1) is 0 Å². The minimum atomic E-state index is -0.410. The monoisotopic (exact) mass is 309 g/mol. The quantitative estimate of drug-likeness (QED) is 0.685. The Morgan fingerprint density at radius 3 is 2.61 bits per heavy atom. The van der Waals surface area contributed by atoms with Gasteiger partial charge >= 0.3 is 5.97 Å². The highest BCUT2D eigenvalue weighted by molar-refractivity contribution is 5.86. The molecule has 0 spiro atoms. The van der Waals surface area contributed by atoms with Gasteiger partial charge in [-0.3, -0.25) is 14.6 Å². The first-order valence-corrected chi connectivity index (χ1v) is 7.15. The van der Waals surface area contributed by atoms with E-state index >= 15 is 0 Å². The molecule has 0 amide bonds.